The Bertz CT molecular complexity index is 720. The number of carbonyl (C=O) groups excluding carboxylic acids is 1. The molecule has 118 valence electrons. The molecule has 1 amide bonds. The van der Waals surface area contributed by atoms with Crippen LogP contribution in [0.1, 0.15) is 33.5 Å². The van der Waals surface area contributed by atoms with Gasteiger partial charge in [0.05, 0.1) is 6.54 Å². The van der Waals surface area contributed by atoms with E-state index in [-0.39, 0.29) is 5.91 Å². The number of benzene rings is 2. The molecule has 0 atom stereocenters. The number of aryl methyl sites for hydroxylation is 1. The molecule has 0 fully saturated rings. The minimum absolute atomic E-state index is 0.0199. The first kappa shape index (κ1) is 15.3. The van der Waals surface area contributed by atoms with Crippen molar-refractivity contribution in [2.45, 2.75) is 19.9 Å². The van der Waals surface area contributed by atoms with E-state index >= 15 is 0 Å². The van der Waals surface area contributed by atoms with Crippen LogP contribution >= 0.6 is 0 Å². The van der Waals surface area contributed by atoms with Gasteiger partial charge in [-0.3, -0.25) is 9.79 Å². The molecule has 1 heterocycles. The summed E-state index contributed by atoms with van der Waals surface area (Å²) in [6, 6.07) is 15.9. The fourth-order valence-electron chi connectivity index (χ4n) is 2.59. The molecule has 1 aliphatic heterocycles. The van der Waals surface area contributed by atoms with E-state index in [1.54, 1.807) is 0 Å². The van der Waals surface area contributed by atoms with Gasteiger partial charge in [0.25, 0.3) is 5.91 Å². The predicted molar refractivity (Wildman–Crippen MR) is 92.8 cm³/mol. The molecule has 0 aliphatic carbocycles. The third kappa shape index (κ3) is 3.77. The van der Waals surface area contributed by atoms with E-state index in [9.17, 15) is 4.79 Å². The molecule has 4 heteroatoms. The van der Waals surface area contributed by atoms with Crippen LogP contribution in [0, 0.1) is 6.92 Å². The zero-order valence-corrected chi connectivity index (χ0v) is 13.3. The van der Waals surface area contributed by atoms with Crippen molar-refractivity contribution in [2.24, 2.45) is 4.99 Å². The van der Waals surface area contributed by atoms with Crippen LogP contribution in [0.15, 0.2) is 53.5 Å². The molecular weight excluding hydrogens is 286 g/mol. The van der Waals surface area contributed by atoms with Gasteiger partial charge in [-0.2, -0.15) is 0 Å². The van der Waals surface area contributed by atoms with Gasteiger partial charge in [0, 0.05) is 24.2 Å². The van der Waals surface area contributed by atoms with Crippen molar-refractivity contribution in [2.75, 3.05) is 13.1 Å². The first-order valence-corrected chi connectivity index (χ1v) is 7.95. The number of fused-ring (bicyclic) bond motifs is 1. The van der Waals surface area contributed by atoms with Crippen molar-refractivity contribution in [3.63, 3.8) is 0 Å². The van der Waals surface area contributed by atoms with Gasteiger partial charge in [0.2, 0.25) is 0 Å². The fourth-order valence-corrected chi connectivity index (χ4v) is 2.59. The molecule has 0 saturated carbocycles. The molecule has 4 nitrogen and oxygen atoms in total. The lowest BCUT2D eigenvalue weighted by molar-refractivity contribution is 0.0953. The highest BCUT2D eigenvalue weighted by Crippen LogP contribution is 2.16. The van der Waals surface area contributed by atoms with Crippen molar-refractivity contribution < 1.29 is 4.79 Å². The number of hydrogen-bond acceptors (Lipinski definition) is 3. The van der Waals surface area contributed by atoms with Gasteiger partial charge in [-0.05, 0) is 31.0 Å². The summed E-state index contributed by atoms with van der Waals surface area (Å²) in [6.45, 7) is 4.20. The molecule has 0 saturated heterocycles. The van der Waals surface area contributed by atoms with E-state index < -0.39 is 0 Å². The average Bonchev–Trinajstić information content (AvgIpc) is 2.98. The summed E-state index contributed by atoms with van der Waals surface area (Å²) in [6.07, 6.45) is 0.860. The molecular formula is C19H21N3O. The number of carbonyl (C=O) groups is 1. The molecule has 0 bridgehead atoms. The second-order valence-corrected chi connectivity index (χ2v) is 5.72. The van der Waals surface area contributed by atoms with Crippen LogP contribution in [-0.2, 0) is 6.54 Å². The first-order valence-electron chi connectivity index (χ1n) is 7.95. The molecule has 3 rings (SSSR count). The van der Waals surface area contributed by atoms with E-state index in [0.29, 0.717) is 12.1 Å². The highest BCUT2D eigenvalue weighted by molar-refractivity contribution is 6.01. The maximum absolute atomic E-state index is 12.0. The third-order valence-corrected chi connectivity index (χ3v) is 3.93. The molecule has 2 N–H and O–H groups in total. The standard InChI is InChI=1S/C19H21N3O/c1-14-7-9-15(10-8-14)19(23)21-12-4-11-20-18-17-6-3-2-5-16(17)13-22-18/h2-3,5-10H,4,11-13H2,1H3,(H,20,22)(H,21,23). The van der Waals surface area contributed by atoms with Gasteiger partial charge >= 0.3 is 0 Å². The Kier molecular flexibility index (Phi) is 4.71. The lowest BCUT2D eigenvalue weighted by Crippen LogP contribution is -2.29. The molecule has 23 heavy (non-hydrogen) atoms. The first-order chi connectivity index (χ1) is 11.2. The Morgan fingerprint density at radius 2 is 1.87 bits per heavy atom. The van der Waals surface area contributed by atoms with Crippen LogP contribution in [-0.4, -0.2) is 24.8 Å². The number of amidine groups is 1. The van der Waals surface area contributed by atoms with E-state index in [0.717, 1.165) is 30.9 Å². The molecule has 2 aromatic rings. The monoisotopic (exact) mass is 307 g/mol. The minimum Gasteiger partial charge on any atom is -0.370 e. The Labute approximate surface area is 136 Å². The van der Waals surface area contributed by atoms with Crippen LogP contribution in [0.3, 0.4) is 0 Å². The predicted octanol–water partition coefficient (Wildman–Crippen LogP) is 2.66. The zero-order chi connectivity index (χ0) is 16.1. The fraction of sp³-hybridized carbons (Fsp3) is 0.263. The van der Waals surface area contributed by atoms with Gasteiger partial charge in [-0.15, -0.1) is 0 Å². The summed E-state index contributed by atoms with van der Waals surface area (Å²) in [4.78, 5) is 16.5. The highest BCUT2D eigenvalue weighted by atomic mass is 16.1. The summed E-state index contributed by atoms with van der Waals surface area (Å²) in [5.41, 5.74) is 4.32. The van der Waals surface area contributed by atoms with E-state index in [2.05, 4.69) is 27.8 Å². The SMILES string of the molecule is Cc1ccc(C(=O)NCCCNC2=NCc3ccccc32)cc1. The number of nitrogens with zero attached hydrogens (tertiary/aromatic N) is 1. The second kappa shape index (κ2) is 7.09. The normalized spacial score (nSPS) is 12.5. The van der Waals surface area contributed by atoms with Crippen molar-refractivity contribution in [1.29, 1.82) is 0 Å². The third-order valence-electron chi connectivity index (χ3n) is 3.93. The number of aliphatic imine (C=N–C) groups is 1. The topological polar surface area (TPSA) is 53.5 Å². The van der Waals surface area contributed by atoms with Crippen LogP contribution in [0.25, 0.3) is 0 Å². The molecule has 2 aromatic carbocycles. The number of amides is 1. The smallest absolute Gasteiger partial charge is 0.251 e. The Balaban J connectivity index is 1.39. The van der Waals surface area contributed by atoms with Gasteiger partial charge in [-0.25, -0.2) is 0 Å². The largest absolute Gasteiger partial charge is 0.370 e. The summed E-state index contributed by atoms with van der Waals surface area (Å²) < 4.78 is 0. The van der Waals surface area contributed by atoms with Crippen LogP contribution in [0.5, 0.6) is 0 Å². The number of rotatable bonds is 5. The Hall–Kier alpha value is -2.62. The van der Waals surface area contributed by atoms with Gasteiger partial charge in [0.15, 0.2) is 0 Å². The van der Waals surface area contributed by atoms with Crippen molar-refractivity contribution >= 4 is 11.7 Å². The maximum atomic E-state index is 12.0. The lowest BCUT2D eigenvalue weighted by atomic mass is 10.1. The zero-order valence-electron chi connectivity index (χ0n) is 13.3. The van der Waals surface area contributed by atoms with Crippen LogP contribution < -0.4 is 10.6 Å². The Morgan fingerprint density at radius 3 is 2.70 bits per heavy atom. The minimum atomic E-state index is -0.0199. The van der Waals surface area contributed by atoms with Crippen molar-refractivity contribution in [1.82, 2.24) is 10.6 Å². The number of hydrogen-bond donors (Lipinski definition) is 2. The van der Waals surface area contributed by atoms with Gasteiger partial charge in [-0.1, -0.05) is 42.0 Å². The molecule has 1 aliphatic rings. The average molecular weight is 307 g/mol. The van der Waals surface area contributed by atoms with Crippen molar-refractivity contribution in [3.8, 4) is 0 Å². The van der Waals surface area contributed by atoms with E-state index in [4.69, 9.17) is 0 Å². The van der Waals surface area contributed by atoms with E-state index in [1.807, 2.05) is 43.3 Å². The summed E-state index contributed by atoms with van der Waals surface area (Å²) >= 11 is 0. The van der Waals surface area contributed by atoms with Gasteiger partial charge in [0.1, 0.15) is 5.84 Å². The molecule has 0 spiro atoms. The quantitative estimate of drug-likeness (QED) is 0.835. The van der Waals surface area contributed by atoms with Crippen LogP contribution in [0.2, 0.25) is 0 Å². The highest BCUT2D eigenvalue weighted by Gasteiger charge is 2.13. The van der Waals surface area contributed by atoms with Crippen LogP contribution in [0.4, 0.5) is 0 Å². The summed E-state index contributed by atoms with van der Waals surface area (Å²) in [5, 5.41) is 6.30. The summed E-state index contributed by atoms with van der Waals surface area (Å²) in [5.74, 6) is 0.944. The maximum Gasteiger partial charge on any atom is 0.251 e. The number of nitrogens with one attached hydrogen (secondary N) is 2. The van der Waals surface area contributed by atoms with E-state index in [1.165, 1.54) is 11.1 Å². The van der Waals surface area contributed by atoms with Crippen molar-refractivity contribution in [3.05, 3.63) is 70.8 Å². The molecule has 0 unspecified atom stereocenters. The second-order valence-electron chi connectivity index (χ2n) is 5.72. The molecule has 0 aromatic heterocycles. The summed E-state index contributed by atoms with van der Waals surface area (Å²) in [7, 11) is 0. The lowest BCUT2D eigenvalue weighted by Gasteiger charge is -2.08. The molecule has 0 radical (unpaired) electrons. The van der Waals surface area contributed by atoms with Gasteiger partial charge < -0.3 is 10.6 Å². The Morgan fingerprint density at radius 1 is 1.09 bits per heavy atom.